The van der Waals surface area contributed by atoms with Crippen molar-refractivity contribution in [1.29, 1.82) is 0 Å². The highest BCUT2D eigenvalue weighted by molar-refractivity contribution is 6.06. The van der Waals surface area contributed by atoms with Crippen molar-refractivity contribution in [3.8, 4) is 11.3 Å². The summed E-state index contributed by atoms with van der Waals surface area (Å²) in [4.78, 5) is 20.9. The predicted molar refractivity (Wildman–Crippen MR) is 151 cm³/mol. The first-order chi connectivity index (χ1) is 18.4. The Morgan fingerprint density at radius 2 is 1.92 bits per heavy atom. The highest BCUT2D eigenvalue weighted by atomic mass is 16.5. The van der Waals surface area contributed by atoms with Gasteiger partial charge in [-0.2, -0.15) is 5.10 Å². The zero-order valence-corrected chi connectivity index (χ0v) is 22.7. The number of fused-ring (bicyclic) bond motifs is 1. The molecule has 38 heavy (non-hydrogen) atoms. The molecule has 1 fully saturated rings. The van der Waals surface area contributed by atoms with E-state index >= 15 is 0 Å². The molecule has 3 aromatic rings. The van der Waals surface area contributed by atoms with Gasteiger partial charge < -0.3 is 25.6 Å². The summed E-state index contributed by atoms with van der Waals surface area (Å²) in [6.45, 7) is 13.5. The number of amides is 1. The van der Waals surface area contributed by atoms with E-state index in [2.05, 4.69) is 70.1 Å². The summed E-state index contributed by atoms with van der Waals surface area (Å²) in [5.74, 6) is -0.152. The summed E-state index contributed by atoms with van der Waals surface area (Å²) in [5, 5.41) is 15.0. The highest BCUT2D eigenvalue weighted by Crippen LogP contribution is 2.28. The average Bonchev–Trinajstić information content (AvgIpc) is 3.36. The molecule has 0 unspecified atom stereocenters. The number of nitrogens with one attached hydrogen (secondary N) is 3. The SMILES string of the molecule is C/C1=C/C(C)=C(/CNC(=O)c2cc(-c3ccc(N4CCNCC4)cc3)nc3c2cnn3C(C)C)COCN1. The third-order valence-electron chi connectivity index (χ3n) is 7.13. The fourth-order valence-corrected chi connectivity index (χ4v) is 4.90. The van der Waals surface area contributed by atoms with Crippen LogP contribution in [-0.4, -0.2) is 66.7 Å². The predicted octanol–water partition coefficient (Wildman–Crippen LogP) is 3.62. The molecule has 9 heteroatoms. The molecule has 0 aliphatic carbocycles. The minimum Gasteiger partial charge on any atom is -0.369 e. The first-order valence-electron chi connectivity index (χ1n) is 13.3. The van der Waals surface area contributed by atoms with E-state index in [0.717, 1.165) is 59.7 Å². The Kier molecular flexibility index (Phi) is 7.76. The van der Waals surface area contributed by atoms with Gasteiger partial charge >= 0.3 is 0 Å². The van der Waals surface area contributed by atoms with Gasteiger partial charge in [-0.3, -0.25) is 4.79 Å². The summed E-state index contributed by atoms with van der Waals surface area (Å²) in [6, 6.07) is 10.5. The number of hydrogen-bond acceptors (Lipinski definition) is 7. The Morgan fingerprint density at radius 1 is 1.16 bits per heavy atom. The van der Waals surface area contributed by atoms with E-state index in [9.17, 15) is 4.79 Å². The number of carbonyl (C=O) groups is 1. The monoisotopic (exact) mass is 515 g/mol. The molecule has 0 saturated carbocycles. The molecule has 0 bridgehead atoms. The molecule has 0 spiro atoms. The highest BCUT2D eigenvalue weighted by Gasteiger charge is 2.20. The van der Waals surface area contributed by atoms with Crippen molar-refractivity contribution in [3.05, 3.63) is 65.0 Å². The molecule has 2 aliphatic heterocycles. The van der Waals surface area contributed by atoms with E-state index in [1.807, 2.05) is 24.6 Å². The van der Waals surface area contributed by atoms with Crippen molar-refractivity contribution >= 4 is 22.6 Å². The molecule has 1 aromatic carbocycles. The first-order valence-corrected chi connectivity index (χ1v) is 13.3. The van der Waals surface area contributed by atoms with Crippen molar-refractivity contribution in [2.24, 2.45) is 0 Å². The molecule has 1 saturated heterocycles. The second-order valence-corrected chi connectivity index (χ2v) is 10.2. The van der Waals surface area contributed by atoms with E-state index in [0.29, 0.717) is 31.1 Å². The van der Waals surface area contributed by atoms with Crippen LogP contribution in [0.15, 0.2) is 59.4 Å². The molecule has 0 atom stereocenters. The number of anilines is 1. The molecular formula is C29H37N7O2. The van der Waals surface area contributed by atoms with Crippen LogP contribution in [-0.2, 0) is 4.74 Å². The molecule has 0 radical (unpaired) electrons. The molecule has 5 rings (SSSR count). The molecule has 4 heterocycles. The van der Waals surface area contributed by atoms with Gasteiger partial charge in [0.1, 0.15) is 6.73 Å². The smallest absolute Gasteiger partial charge is 0.252 e. The fourth-order valence-electron chi connectivity index (χ4n) is 4.90. The maximum atomic E-state index is 13.6. The van der Waals surface area contributed by atoms with Gasteiger partial charge in [-0.05, 0) is 63.1 Å². The average molecular weight is 516 g/mol. The number of nitrogens with zero attached hydrogens (tertiary/aromatic N) is 4. The molecule has 3 N–H and O–H groups in total. The van der Waals surface area contributed by atoms with Crippen molar-refractivity contribution in [1.82, 2.24) is 30.7 Å². The van der Waals surface area contributed by atoms with Crippen LogP contribution in [0.4, 0.5) is 5.69 Å². The van der Waals surface area contributed by atoms with Crippen molar-refractivity contribution in [2.45, 2.75) is 33.7 Å². The lowest BCUT2D eigenvalue weighted by Crippen LogP contribution is -2.43. The van der Waals surface area contributed by atoms with Gasteiger partial charge in [0.2, 0.25) is 0 Å². The van der Waals surface area contributed by atoms with Crippen LogP contribution in [0.3, 0.4) is 0 Å². The Hall–Kier alpha value is -3.69. The summed E-state index contributed by atoms with van der Waals surface area (Å²) >= 11 is 0. The third-order valence-corrected chi connectivity index (χ3v) is 7.13. The Balaban J connectivity index is 1.46. The van der Waals surface area contributed by atoms with Crippen molar-refractivity contribution in [2.75, 3.05) is 51.0 Å². The number of aromatic nitrogens is 3. The van der Waals surface area contributed by atoms with Crippen LogP contribution in [0.1, 0.15) is 44.1 Å². The number of carbonyl (C=O) groups excluding carboxylic acids is 1. The molecule has 9 nitrogen and oxygen atoms in total. The molecule has 2 aliphatic rings. The largest absolute Gasteiger partial charge is 0.369 e. The lowest BCUT2D eigenvalue weighted by atomic mass is 10.0. The van der Waals surface area contributed by atoms with Gasteiger partial charge in [-0.1, -0.05) is 12.1 Å². The summed E-state index contributed by atoms with van der Waals surface area (Å²) in [6.07, 6.45) is 3.83. The summed E-state index contributed by atoms with van der Waals surface area (Å²) < 4.78 is 7.58. The number of piperazine rings is 1. The second kappa shape index (κ2) is 11.4. The van der Waals surface area contributed by atoms with Gasteiger partial charge in [0.05, 0.1) is 29.4 Å². The minimum atomic E-state index is -0.152. The maximum absolute atomic E-state index is 13.6. The zero-order valence-electron chi connectivity index (χ0n) is 22.7. The molecule has 1 amide bonds. The first kappa shape index (κ1) is 25.9. The Labute approximate surface area is 223 Å². The van der Waals surface area contributed by atoms with Crippen molar-refractivity contribution in [3.63, 3.8) is 0 Å². The van der Waals surface area contributed by atoms with Gasteiger partial charge in [0, 0.05) is 55.7 Å². The fraction of sp³-hybridized carbons (Fsp3) is 0.414. The lowest BCUT2D eigenvalue weighted by Gasteiger charge is -2.29. The van der Waals surface area contributed by atoms with Crippen LogP contribution < -0.4 is 20.9 Å². The minimum absolute atomic E-state index is 0.116. The Bertz CT molecular complexity index is 1370. The quantitative estimate of drug-likeness (QED) is 0.462. The van der Waals surface area contributed by atoms with E-state index < -0.39 is 0 Å². The van der Waals surface area contributed by atoms with Crippen LogP contribution in [0.2, 0.25) is 0 Å². The molecule has 200 valence electrons. The second-order valence-electron chi connectivity index (χ2n) is 10.2. The van der Waals surface area contributed by atoms with Crippen LogP contribution >= 0.6 is 0 Å². The summed E-state index contributed by atoms with van der Waals surface area (Å²) in [7, 11) is 0. The number of benzene rings is 1. The van der Waals surface area contributed by atoms with Gasteiger partial charge in [-0.15, -0.1) is 0 Å². The third kappa shape index (κ3) is 5.58. The number of ether oxygens (including phenoxy) is 1. The van der Waals surface area contributed by atoms with E-state index in [1.165, 1.54) is 5.69 Å². The van der Waals surface area contributed by atoms with Gasteiger partial charge in [0.25, 0.3) is 5.91 Å². The van der Waals surface area contributed by atoms with E-state index in [-0.39, 0.29) is 11.9 Å². The van der Waals surface area contributed by atoms with Crippen LogP contribution in [0.5, 0.6) is 0 Å². The van der Waals surface area contributed by atoms with E-state index in [4.69, 9.17) is 9.72 Å². The van der Waals surface area contributed by atoms with Crippen LogP contribution in [0, 0.1) is 0 Å². The molecular weight excluding hydrogens is 478 g/mol. The van der Waals surface area contributed by atoms with Crippen LogP contribution in [0.25, 0.3) is 22.3 Å². The number of pyridine rings is 1. The number of hydrogen-bond donors (Lipinski definition) is 3. The number of rotatable bonds is 6. The summed E-state index contributed by atoms with van der Waals surface area (Å²) in [5.41, 5.74) is 7.38. The standard InChI is InChI=1S/C29H37N7O2/c1-19(2)36-28-26(16-33-36)25(29(37)31-15-23-17-38-18-32-21(4)13-20(23)3)14-27(34-28)22-5-7-24(8-6-22)35-11-9-30-10-12-35/h5-8,13-14,16,19,30,32H,9-12,15,17-18H2,1-4H3,(H,31,37)/b21-13-,23-20-. The van der Waals surface area contributed by atoms with E-state index in [1.54, 1.807) is 6.20 Å². The normalized spacial score (nSPS) is 20.0. The topological polar surface area (TPSA) is 96.3 Å². The lowest BCUT2D eigenvalue weighted by molar-refractivity contribution is 0.0954. The Morgan fingerprint density at radius 3 is 2.66 bits per heavy atom. The zero-order chi connectivity index (χ0) is 26.6. The number of allylic oxidation sites excluding steroid dienone is 3. The van der Waals surface area contributed by atoms with Gasteiger partial charge in [0.15, 0.2) is 5.65 Å². The molecule has 2 aromatic heterocycles. The van der Waals surface area contributed by atoms with Crippen molar-refractivity contribution < 1.29 is 9.53 Å². The maximum Gasteiger partial charge on any atom is 0.252 e. The van der Waals surface area contributed by atoms with Gasteiger partial charge in [-0.25, -0.2) is 9.67 Å².